The lowest BCUT2D eigenvalue weighted by atomic mass is 9.88. The minimum Gasteiger partial charge on any atom is -0.339 e. The smallest absolute Gasteiger partial charge is 0.266 e. The van der Waals surface area contributed by atoms with E-state index in [1.54, 1.807) is 11.3 Å². The van der Waals surface area contributed by atoms with Crippen LogP contribution >= 0.6 is 22.7 Å². The fraction of sp³-hybridized carbons (Fsp3) is 0.474. The molecule has 2 aromatic heterocycles. The molecule has 1 aliphatic rings. The molecule has 1 N–H and O–H groups in total. The van der Waals surface area contributed by atoms with Gasteiger partial charge in [0, 0.05) is 18.0 Å². The molecule has 0 spiro atoms. The first-order chi connectivity index (χ1) is 12.0. The minimum absolute atomic E-state index is 0.0403. The van der Waals surface area contributed by atoms with Crippen molar-refractivity contribution in [2.45, 2.75) is 40.0 Å². The summed E-state index contributed by atoms with van der Waals surface area (Å²) in [5, 5.41) is 5.62. The van der Waals surface area contributed by atoms with E-state index in [0.29, 0.717) is 23.9 Å². The molecule has 0 fully saturated rings. The molecule has 0 saturated heterocycles. The maximum absolute atomic E-state index is 13.1. The van der Waals surface area contributed by atoms with Gasteiger partial charge in [0.1, 0.15) is 5.00 Å². The van der Waals surface area contributed by atoms with Crippen LogP contribution < -0.4 is 5.32 Å². The maximum atomic E-state index is 13.1. The van der Waals surface area contributed by atoms with Crippen molar-refractivity contribution in [2.24, 2.45) is 5.92 Å². The SMILES string of the molecule is CCN(CC)C(=O)c1c(NC(=O)c2cccs2)sc2c1CC[C@@H](C)C2. The molecule has 25 heavy (non-hydrogen) atoms. The highest BCUT2D eigenvalue weighted by Gasteiger charge is 2.30. The molecule has 0 saturated carbocycles. The molecule has 2 aromatic rings. The summed E-state index contributed by atoms with van der Waals surface area (Å²) < 4.78 is 0. The van der Waals surface area contributed by atoms with Crippen LogP contribution in [0.15, 0.2) is 17.5 Å². The highest BCUT2D eigenvalue weighted by Crippen LogP contribution is 2.40. The standard InChI is InChI=1S/C19H24N2O2S2/c1-4-21(5-2)19(23)16-13-9-8-12(3)11-15(13)25-18(16)20-17(22)14-7-6-10-24-14/h6-7,10,12H,4-5,8-9,11H2,1-3H3,(H,20,22)/t12-/m1/s1. The third kappa shape index (κ3) is 3.65. The Morgan fingerprint density at radius 1 is 1.32 bits per heavy atom. The van der Waals surface area contributed by atoms with Gasteiger partial charge >= 0.3 is 0 Å². The summed E-state index contributed by atoms with van der Waals surface area (Å²) in [4.78, 5) is 29.4. The van der Waals surface area contributed by atoms with Crippen LogP contribution in [0.5, 0.6) is 0 Å². The maximum Gasteiger partial charge on any atom is 0.266 e. The summed E-state index contributed by atoms with van der Waals surface area (Å²) in [6.07, 6.45) is 3.01. The first-order valence-corrected chi connectivity index (χ1v) is 10.5. The van der Waals surface area contributed by atoms with Crippen LogP contribution in [0.3, 0.4) is 0 Å². The molecule has 1 atom stereocenters. The van der Waals surface area contributed by atoms with Gasteiger partial charge in [-0.3, -0.25) is 9.59 Å². The quantitative estimate of drug-likeness (QED) is 0.824. The molecule has 3 rings (SSSR count). The van der Waals surface area contributed by atoms with Gasteiger partial charge in [-0.1, -0.05) is 13.0 Å². The monoisotopic (exact) mass is 376 g/mol. The van der Waals surface area contributed by atoms with Crippen LogP contribution in [0.25, 0.3) is 0 Å². The van der Waals surface area contributed by atoms with Gasteiger partial charge in [0.15, 0.2) is 0 Å². The van der Waals surface area contributed by atoms with E-state index >= 15 is 0 Å². The second kappa shape index (κ2) is 7.70. The molecule has 0 aliphatic heterocycles. The van der Waals surface area contributed by atoms with Gasteiger partial charge < -0.3 is 10.2 Å². The molecule has 2 amide bonds. The average molecular weight is 377 g/mol. The first-order valence-electron chi connectivity index (χ1n) is 8.83. The molecule has 0 unspecified atom stereocenters. The molecule has 4 nitrogen and oxygen atoms in total. The number of nitrogens with zero attached hydrogens (tertiary/aromatic N) is 1. The fourth-order valence-corrected chi connectivity index (χ4v) is 5.32. The van der Waals surface area contributed by atoms with Crippen molar-refractivity contribution in [3.8, 4) is 0 Å². The topological polar surface area (TPSA) is 49.4 Å². The summed E-state index contributed by atoms with van der Waals surface area (Å²) in [5.41, 5.74) is 1.88. The Hall–Kier alpha value is -1.66. The molecule has 2 heterocycles. The van der Waals surface area contributed by atoms with Crippen molar-refractivity contribution in [2.75, 3.05) is 18.4 Å². The zero-order chi connectivity index (χ0) is 18.0. The van der Waals surface area contributed by atoms with E-state index in [9.17, 15) is 9.59 Å². The van der Waals surface area contributed by atoms with Gasteiger partial charge in [-0.15, -0.1) is 22.7 Å². The fourth-order valence-electron chi connectivity index (χ4n) is 3.31. The minimum atomic E-state index is -0.129. The van der Waals surface area contributed by atoms with Crippen LogP contribution in [-0.2, 0) is 12.8 Å². The van der Waals surface area contributed by atoms with Gasteiger partial charge in [-0.25, -0.2) is 0 Å². The molecule has 0 aromatic carbocycles. The van der Waals surface area contributed by atoms with Gasteiger partial charge in [-0.05, 0) is 56.0 Å². The third-order valence-electron chi connectivity index (χ3n) is 4.75. The second-order valence-corrected chi connectivity index (χ2v) is 8.52. The van der Waals surface area contributed by atoms with E-state index < -0.39 is 0 Å². The van der Waals surface area contributed by atoms with E-state index in [4.69, 9.17) is 0 Å². The van der Waals surface area contributed by atoms with Crippen LogP contribution in [0.4, 0.5) is 5.00 Å². The Morgan fingerprint density at radius 3 is 2.72 bits per heavy atom. The van der Waals surface area contributed by atoms with Crippen molar-refractivity contribution < 1.29 is 9.59 Å². The van der Waals surface area contributed by atoms with Crippen molar-refractivity contribution in [3.05, 3.63) is 38.4 Å². The molecule has 0 bridgehead atoms. The molecular formula is C19H24N2O2S2. The molecule has 134 valence electrons. The number of thiophene rings is 2. The van der Waals surface area contributed by atoms with Crippen molar-refractivity contribution in [1.82, 2.24) is 4.90 Å². The van der Waals surface area contributed by atoms with Crippen LogP contribution in [0, 0.1) is 5.92 Å². The van der Waals surface area contributed by atoms with E-state index in [-0.39, 0.29) is 11.8 Å². The lowest BCUT2D eigenvalue weighted by molar-refractivity contribution is 0.0773. The Balaban J connectivity index is 1.98. The van der Waals surface area contributed by atoms with Crippen molar-refractivity contribution in [1.29, 1.82) is 0 Å². The van der Waals surface area contributed by atoms with Crippen molar-refractivity contribution >= 4 is 39.5 Å². The molecule has 6 heteroatoms. The Bertz CT molecular complexity index is 761. The number of nitrogens with one attached hydrogen (secondary N) is 1. The molecule has 1 aliphatic carbocycles. The van der Waals surface area contributed by atoms with Crippen molar-refractivity contribution in [3.63, 3.8) is 0 Å². The number of hydrogen-bond donors (Lipinski definition) is 1. The zero-order valence-corrected chi connectivity index (χ0v) is 16.6. The Morgan fingerprint density at radius 2 is 2.08 bits per heavy atom. The third-order valence-corrected chi connectivity index (χ3v) is 6.79. The average Bonchev–Trinajstić information content (AvgIpc) is 3.22. The number of carbonyl (C=O) groups is 2. The van der Waals surface area contributed by atoms with E-state index in [2.05, 4.69) is 12.2 Å². The van der Waals surface area contributed by atoms with E-state index in [0.717, 1.165) is 35.4 Å². The summed E-state index contributed by atoms with van der Waals surface area (Å²) >= 11 is 3.00. The largest absolute Gasteiger partial charge is 0.339 e. The lowest BCUT2D eigenvalue weighted by Gasteiger charge is -2.22. The van der Waals surface area contributed by atoms with Gasteiger partial charge in [0.25, 0.3) is 11.8 Å². The summed E-state index contributed by atoms with van der Waals surface area (Å²) in [7, 11) is 0. The number of anilines is 1. The highest BCUT2D eigenvalue weighted by molar-refractivity contribution is 7.17. The molecular weight excluding hydrogens is 352 g/mol. The predicted molar refractivity (Wildman–Crippen MR) is 105 cm³/mol. The number of carbonyl (C=O) groups excluding carboxylic acids is 2. The van der Waals surface area contributed by atoms with Gasteiger partial charge in [0.2, 0.25) is 0 Å². The Labute approximate surface area is 156 Å². The normalized spacial score (nSPS) is 16.4. The summed E-state index contributed by atoms with van der Waals surface area (Å²) in [6, 6.07) is 3.67. The first kappa shape index (κ1) is 18.1. The highest BCUT2D eigenvalue weighted by atomic mass is 32.1. The van der Waals surface area contributed by atoms with Gasteiger partial charge in [0.05, 0.1) is 10.4 Å². The van der Waals surface area contributed by atoms with Gasteiger partial charge in [-0.2, -0.15) is 0 Å². The number of fused-ring (bicyclic) bond motifs is 1. The van der Waals surface area contributed by atoms with Crippen LogP contribution in [-0.4, -0.2) is 29.8 Å². The Kier molecular flexibility index (Phi) is 5.59. The van der Waals surface area contributed by atoms with E-state index in [1.165, 1.54) is 16.2 Å². The summed E-state index contributed by atoms with van der Waals surface area (Å²) in [6.45, 7) is 7.58. The second-order valence-electron chi connectivity index (χ2n) is 6.46. The number of rotatable bonds is 5. The summed E-state index contributed by atoms with van der Waals surface area (Å²) in [5.74, 6) is 0.539. The molecule has 0 radical (unpaired) electrons. The predicted octanol–water partition coefficient (Wildman–Crippen LogP) is 4.67. The number of hydrogen-bond acceptors (Lipinski definition) is 4. The van der Waals surface area contributed by atoms with Crippen LogP contribution in [0.1, 0.15) is 57.7 Å². The lowest BCUT2D eigenvalue weighted by Crippen LogP contribution is -2.32. The number of amides is 2. The zero-order valence-electron chi connectivity index (χ0n) is 14.9. The van der Waals surface area contributed by atoms with Crippen LogP contribution in [0.2, 0.25) is 0 Å². The van der Waals surface area contributed by atoms with E-state index in [1.807, 2.05) is 36.3 Å².